The molecule has 68 valence electrons. The highest BCUT2D eigenvalue weighted by Gasteiger charge is 2.35. The van der Waals surface area contributed by atoms with E-state index in [9.17, 15) is 18.0 Å². The molecule has 0 amide bonds. The molecular formula is C5H5F3N2OS. The van der Waals surface area contributed by atoms with Crippen molar-refractivity contribution in [3.8, 4) is 0 Å². The van der Waals surface area contributed by atoms with Crippen molar-refractivity contribution < 1.29 is 13.2 Å². The minimum absolute atomic E-state index is 0.130. The van der Waals surface area contributed by atoms with E-state index in [2.05, 4.69) is 0 Å². The lowest BCUT2D eigenvalue weighted by molar-refractivity contribution is -0.135. The first-order valence-corrected chi connectivity index (χ1v) is 3.76. The molecule has 1 aromatic heterocycles. The third kappa shape index (κ3) is 1.67. The van der Waals surface area contributed by atoms with E-state index >= 15 is 0 Å². The molecule has 3 N–H and O–H groups in total. The van der Waals surface area contributed by atoms with Crippen LogP contribution in [0, 0.1) is 0 Å². The summed E-state index contributed by atoms with van der Waals surface area (Å²) in [6, 6.07) is 0. The third-order valence-corrected chi connectivity index (χ3v) is 2.15. The summed E-state index contributed by atoms with van der Waals surface area (Å²) in [4.78, 5) is 10.9. The monoisotopic (exact) mass is 198 g/mol. The lowest BCUT2D eigenvalue weighted by Crippen LogP contribution is -2.09. The SMILES string of the molecule is NCc1[nH]c(=O)sc1C(F)(F)F. The second-order valence-corrected chi connectivity index (χ2v) is 3.01. The van der Waals surface area contributed by atoms with Gasteiger partial charge in [0.2, 0.25) is 0 Å². The molecule has 1 heterocycles. The Bertz CT molecular complexity index is 326. The van der Waals surface area contributed by atoms with Crippen LogP contribution in [0.15, 0.2) is 4.79 Å². The van der Waals surface area contributed by atoms with E-state index in [0.29, 0.717) is 0 Å². The van der Waals surface area contributed by atoms with Crippen LogP contribution >= 0.6 is 11.3 Å². The number of H-pyrrole nitrogens is 1. The quantitative estimate of drug-likeness (QED) is 0.704. The molecule has 1 aromatic rings. The Hall–Kier alpha value is -0.820. The van der Waals surface area contributed by atoms with Gasteiger partial charge in [-0.25, -0.2) is 0 Å². The number of aromatic amines is 1. The summed E-state index contributed by atoms with van der Waals surface area (Å²) in [7, 11) is 0. The van der Waals surface area contributed by atoms with Gasteiger partial charge in [0.15, 0.2) is 0 Å². The van der Waals surface area contributed by atoms with Gasteiger partial charge in [0, 0.05) is 6.54 Å². The zero-order valence-corrected chi connectivity index (χ0v) is 6.55. The molecule has 0 saturated heterocycles. The van der Waals surface area contributed by atoms with Crippen LogP contribution in [0.3, 0.4) is 0 Å². The van der Waals surface area contributed by atoms with Crippen molar-refractivity contribution in [2.45, 2.75) is 12.7 Å². The molecule has 0 spiro atoms. The highest BCUT2D eigenvalue weighted by atomic mass is 32.1. The number of hydrogen-bond donors (Lipinski definition) is 2. The Morgan fingerprint density at radius 1 is 1.50 bits per heavy atom. The molecule has 0 aliphatic heterocycles. The maximum absolute atomic E-state index is 12.0. The lowest BCUT2D eigenvalue weighted by atomic mass is 10.3. The van der Waals surface area contributed by atoms with Gasteiger partial charge in [-0.2, -0.15) is 13.2 Å². The van der Waals surface area contributed by atoms with Crippen molar-refractivity contribution >= 4 is 11.3 Å². The molecule has 0 aliphatic carbocycles. The van der Waals surface area contributed by atoms with Crippen LogP contribution in [0.2, 0.25) is 0 Å². The Labute approximate surface area is 69.0 Å². The summed E-state index contributed by atoms with van der Waals surface area (Å²) in [6.45, 7) is -0.312. The molecule has 0 radical (unpaired) electrons. The predicted molar refractivity (Wildman–Crippen MR) is 37.8 cm³/mol. The van der Waals surface area contributed by atoms with E-state index < -0.39 is 15.9 Å². The van der Waals surface area contributed by atoms with Gasteiger partial charge in [-0.1, -0.05) is 11.3 Å². The number of rotatable bonds is 1. The van der Waals surface area contributed by atoms with E-state index in [1.165, 1.54) is 0 Å². The fraction of sp³-hybridized carbons (Fsp3) is 0.400. The molecule has 3 nitrogen and oxygen atoms in total. The highest BCUT2D eigenvalue weighted by Crippen LogP contribution is 2.32. The fourth-order valence-corrected chi connectivity index (χ4v) is 1.47. The standard InChI is InChI=1S/C5H5F3N2OS/c6-5(7,8)3-2(1-9)10-4(11)12-3/h1,9H2,(H,10,11). The normalized spacial score (nSPS) is 12.0. The molecule has 0 saturated carbocycles. The first-order chi connectivity index (χ1) is 5.45. The maximum Gasteiger partial charge on any atom is 0.427 e. The highest BCUT2D eigenvalue weighted by molar-refractivity contribution is 7.09. The molecule has 7 heteroatoms. The van der Waals surface area contributed by atoms with E-state index in [4.69, 9.17) is 5.73 Å². The Morgan fingerprint density at radius 3 is 2.42 bits per heavy atom. The molecule has 1 rings (SSSR count). The number of alkyl halides is 3. The second kappa shape index (κ2) is 2.91. The van der Waals surface area contributed by atoms with Crippen molar-refractivity contribution in [2.75, 3.05) is 0 Å². The van der Waals surface area contributed by atoms with Gasteiger partial charge in [-0.15, -0.1) is 0 Å². The summed E-state index contributed by atoms with van der Waals surface area (Å²) in [5.74, 6) is 0. The third-order valence-electron chi connectivity index (χ3n) is 1.18. The van der Waals surface area contributed by atoms with Crippen LogP contribution in [0.25, 0.3) is 0 Å². The van der Waals surface area contributed by atoms with Crippen LogP contribution in [0.4, 0.5) is 13.2 Å². The van der Waals surface area contributed by atoms with Crippen molar-refractivity contribution in [1.82, 2.24) is 4.98 Å². The van der Waals surface area contributed by atoms with E-state index in [1.54, 1.807) is 0 Å². The van der Waals surface area contributed by atoms with Crippen molar-refractivity contribution in [1.29, 1.82) is 0 Å². The number of nitrogens with one attached hydrogen (secondary N) is 1. The van der Waals surface area contributed by atoms with E-state index in [1.807, 2.05) is 4.98 Å². The first-order valence-electron chi connectivity index (χ1n) is 2.94. The fourth-order valence-electron chi connectivity index (χ4n) is 0.732. The second-order valence-electron chi connectivity index (χ2n) is 2.02. The number of halogens is 3. The summed E-state index contributed by atoms with van der Waals surface area (Å²) in [5, 5.41) is 0. The van der Waals surface area contributed by atoms with Gasteiger partial charge in [-0.05, 0) is 0 Å². The Kier molecular flexibility index (Phi) is 2.25. The van der Waals surface area contributed by atoms with Gasteiger partial charge in [0.1, 0.15) is 4.88 Å². The summed E-state index contributed by atoms with van der Waals surface area (Å²) >= 11 is 0.130. The largest absolute Gasteiger partial charge is 0.427 e. The number of nitrogens with two attached hydrogens (primary N) is 1. The molecule has 0 bridgehead atoms. The smallest absolute Gasteiger partial charge is 0.325 e. The molecule has 0 aliphatic rings. The minimum Gasteiger partial charge on any atom is -0.325 e. The van der Waals surface area contributed by atoms with Crippen molar-refractivity contribution in [3.05, 3.63) is 20.2 Å². The van der Waals surface area contributed by atoms with E-state index in [-0.39, 0.29) is 23.6 Å². The van der Waals surface area contributed by atoms with Gasteiger partial charge < -0.3 is 10.7 Å². The van der Waals surface area contributed by atoms with Crippen LogP contribution < -0.4 is 10.6 Å². The topological polar surface area (TPSA) is 58.9 Å². The zero-order chi connectivity index (χ0) is 9.35. The predicted octanol–water partition coefficient (Wildman–Crippen LogP) is 0.914. The van der Waals surface area contributed by atoms with E-state index in [0.717, 1.165) is 0 Å². The van der Waals surface area contributed by atoms with Crippen molar-refractivity contribution in [2.24, 2.45) is 5.73 Å². The molecule has 0 fully saturated rings. The molecule has 0 aromatic carbocycles. The van der Waals surface area contributed by atoms with Crippen LogP contribution in [-0.2, 0) is 12.7 Å². The summed E-state index contributed by atoms with van der Waals surface area (Å²) in [6.07, 6.45) is -4.49. The molecule has 0 unspecified atom stereocenters. The number of aromatic nitrogens is 1. The summed E-state index contributed by atoms with van der Waals surface area (Å²) < 4.78 is 36.1. The lowest BCUT2D eigenvalue weighted by Gasteiger charge is -2.03. The Morgan fingerprint density at radius 2 is 2.08 bits per heavy atom. The average Bonchev–Trinajstić information content (AvgIpc) is 2.29. The van der Waals surface area contributed by atoms with Crippen LogP contribution in [-0.4, -0.2) is 4.98 Å². The molecule has 0 atom stereocenters. The van der Waals surface area contributed by atoms with Crippen LogP contribution in [0.5, 0.6) is 0 Å². The van der Waals surface area contributed by atoms with Gasteiger partial charge in [0.05, 0.1) is 5.69 Å². The average molecular weight is 198 g/mol. The molecule has 12 heavy (non-hydrogen) atoms. The van der Waals surface area contributed by atoms with Crippen LogP contribution in [0.1, 0.15) is 10.6 Å². The molecular weight excluding hydrogens is 193 g/mol. The van der Waals surface area contributed by atoms with Gasteiger partial charge in [-0.3, -0.25) is 4.79 Å². The van der Waals surface area contributed by atoms with Gasteiger partial charge in [0.25, 0.3) is 0 Å². The number of thiazole rings is 1. The number of hydrogen-bond acceptors (Lipinski definition) is 3. The zero-order valence-electron chi connectivity index (χ0n) is 5.73. The first kappa shape index (κ1) is 9.27. The maximum atomic E-state index is 12.0. The van der Waals surface area contributed by atoms with Crippen molar-refractivity contribution in [3.63, 3.8) is 0 Å². The minimum atomic E-state index is -4.49. The van der Waals surface area contributed by atoms with Gasteiger partial charge >= 0.3 is 11.0 Å². The summed E-state index contributed by atoms with van der Waals surface area (Å²) in [5.41, 5.74) is 4.74. The Balaban J connectivity index is 3.23.